The van der Waals surface area contributed by atoms with Crippen LogP contribution in [-0.2, 0) is 4.79 Å². The van der Waals surface area contributed by atoms with E-state index in [9.17, 15) is 18.4 Å². The maximum atomic E-state index is 13.3. The van der Waals surface area contributed by atoms with Crippen LogP contribution in [-0.4, -0.2) is 17.4 Å². The lowest BCUT2D eigenvalue weighted by Gasteiger charge is -1.98. The molecule has 0 bridgehead atoms. The van der Waals surface area contributed by atoms with Crippen LogP contribution in [0.15, 0.2) is 12.1 Å². The molecule has 0 radical (unpaired) electrons. The van der Waals surface area contributed by atoms with Crippen LogP contribution in [0.5, 0.6) is 0 Å². The van der Waals surface area contributed by atoms with Crippen molar-refractivity contribution in [2.75, 3.05) is 0 Å². The molecule has 5 heteroatoms. The third-order valence-electron chi connectivity index (χ3n) is 1.71. The molecule has 1 aromatic rings. The van der Waals surface area contributed by atoms with E-state index < -0.39 is 29.6 Å². The third kappa shape index (κ3) is 2.64. The fraction of sp³-hybridized carbons (Fsp3) is 0.0909. The van der Waals surface area contributed by atoms with E-state index in [2.05, 4.69) is 11.8 Å². The van der Waals surface area contributed by atoms with Crippen molar-refractivity contribution in [3.05, 3.63) is 34.9 Å². The molecule has 0 fully saturated rings. The Bertz CT molecular complexity index is 498. The molecule has 0 aliphatic carbocycles. The standard InChI is InChI=1S/C11H6F2O3/c12-9-5-4-7(2-1-3-10(15)16)11(13)8(9)6-14/h4-6H,3H2,(H,15,16). The summed E-state index contributed by atoms with van der Waals surface area (Å²) in [5.41, 5.74) is -0.910. The molecule has 0 amide bonds. The van der Waals surface area contributed by atoms with Gasteiger partial charge in [-0.1, -0.05) is 11.8 Å². The van der Waals surface area contributed by atoms with Crippen LogP contribution in [0.25, 0.3) is 0 Å². The van der Waals surface area contributed by atoms with Gasteiger partial charge in [-0.15, -0.1) is 0 Å². The lowest BCUT2D eigenvalue weighted by molar-refractivity contribution is -0.135. The molecule has 0 aromatic heterocycles. The average Bonchev–Trinajstić information content (AvgIpc) is 2.22. The van der Waals surface area contributed by atoms with Crippen LogP contribution < -0.4 is 0 Å². The zero-order chi connectivity index (χ0) is 12.1. The molecule has 1 rings (SSSR count). The second-order valence-electron chi connectivity index (χ2n) is 2.81. The zero-order valence-corrected chi connectivity index (χ0v) is 7.96. The molecule has 0 atom stereocenters. The highest BCUT2D eigenvalue weighted by atomic mass is 19.1. The molecular formula is C11H6F2O3. The summed E-state index contributed by atoms with van der Waals surface area (Å²) in [7, 11) is 0. The summed E-state index contributed by atoms with van der Waals surface area (Å²) < 4.78 is 26.2. The van der Waals surface area contributed by atoms with Crippen molar-refractivity contribution in [1.82, 2.24) is 0 Å². The predicted octanol–water partition coefficient (Wildman–Crippen LogP) is 1.60. The topological polar surface area (TPSA) is 54.4 Å². The Morgan fingerprint density at radius 2 is 2.12 bits per heavy atom. The number of aldehydes is 1. The number of aliphatic carboxylic acids is 1. The summed E-state index contributed by atoms with van der Waals surface area (Å²) >= 11 is 0. The van der Waals surface area contributed by atoms with Crippen molar-refractivity contribution in [2.45, 2.75) is 6.42 Å². The number of benzene rings is 1. The first-order valence-corrected chi connectivity index (χ1v) is 4.20. The molecule has 0 heterocycles. The highest BCUT2D eigenvalue weighted by Crippen LogP contribution is 2.14. The summed E-state index contributed by atoms with van der Waals surface area (Å²) in [5.74, 6) is 1.20. The van der Waals surface area contributed by atoms with Gasteiger partial charge in [0.05, 0.1) is 11.1 Å². The molecule has 0 spiro atoms. The third-order valence-corrected chi connectivity index (χ3v) is 1.71. The van der Waals surface area contributed by atoms with Crippen molar-refractivity contribution in [3.8, 4) is 11.8 Å². The maximum absolute atomic E-state index is 13.3. The van der Waals surface area contributed by atoms with Gasteiger partial charge in [0.15, 0.2) is 12.1 Å². The summed E-state index contributed by atoms with van der Waals surface area (Å²) in [6.07, 6.45) is -0.402. The van der Waals surface area contributed by atoms with Gasteiger partial charge in [-0.2, -0.15) is 0 Å². The molecule has 82 valence electrons. The Labute approximate surface area is 89.7 Å². The largest absolute Gasteiger partial charge is 0.481 e. The van der Waals surface area contributed by atoms with E-state index in [1.165, 1.54) is 0 Å². The minimum Gasteiger partial charge on any atom is -0.481 e. The van der Waals surface area contributed by atoms with Gasteiger partial charge in [-0.05, 0) is 12.1 Å². The Hall–Kier alpha value is -2.22. The number of carboxylic acids is 1. The Balaban J connectivity index is 3.10. The molecule has 0 saturated heterocycles. The van der Waals surface area contributed by atoms with Crippen LogP contribution in [0.4, 0.5) is 8.78 Å². The first-order chi connectivity index (χ1) is 7.56. The van der Waals surface area contributed by atoms with Crippen LogP contribution in [0.1, 0.15) is 22.3 Å². The minimum absolute atomic E-state index is 0.0487. The number of carbonyl (C=O) groups excluding carboxylic acids is 1. The fourth-order valence-corrected chi connectivity index (χ4v) is 0.989. The van der Waals surface area contributed by atoms with Gasteiger partial charge < -0.3 is 5.11 Å². The molecule has 3 nitrogen and oxygen atoms in total. The van der Waals surface area contributed by atoms with E-state index in [-0.39, 0.29) is 11.8 Å². The number of hydrogen-bond acceptors (Lipinski definition) is 2. The number of rotatable bonds is 2. The first-order valence-electron chi connectivity index (χ1n) is 4.20. The second-order valence-corrected chi connectivity index (χ2v) is 2.81. The van der Waals surface area contributed by atoms with Gasteiger partial charge >= 0.3 is 5.97 Å². The van der Waals surface area contributed by atoms with Crippen LogP contribution in [0.2, 0.25) is 0 Å². The lowest BCUT2D eigenvalue weighted by Crippen LogP contribution is -1.97. The van der Waals surface area contributed by atoms with Gasteiger partial charge in [-0.25, -0.2) is 8.78 Å². The van der Waals surface area contributed by atoms with E-state index in [1.807, 2.05) is 0 Å². The quantitative estimate of drug-likeness (QED) is 0.613. The average molecular weight is 224 g/mol. The minimum atomic E-state index is -1.15. The van der Waals surface area contributed by atoms with E-state index >= 15 is 0 Å². The number of hydrogen-bond donors (Lipinski definition) is 1. The normalized spacial score (nSPS) is 9.12. The van der Waals surface area contributed by atoms with Crippen LogP contribution >= 0.6 is 0 Å². The maximum Gasteiger partial charge on any atom is 0.315 e. The first kappa shape index (κ1) is 11.9. The van der Waals surface area contributed by atoms with Crippen LogP contribution in [0.3, 0.4) is 0 Å². The smallest absolute Gasteiger partial charge is 0.315 e. The van der Waals surface area contributed by atoms with Crippen molar-refractivity contribution < 1.29 is 23.5 Å². The molecule has 0 unspecified atom stereocenters. The van der Waals surface area contributed by atoms with Gasteiger partial charge in [0.25, 0.3) is 0 Å². The molecular weight excluding hydrogens is 218 g/mol. The van der Waals surface area contributed by atoms with E-state index in [1.54, 1.807) is 0 Å². The van der Waals surface area contributed by atoms with Gasteiger partial charge in [0.1, 0.15) is 12.2 Å². The number of halogens is 2. The Kier molecular flexibility index (Phi) is 3.72. The Morgan fingerprint density at radius 3 is 2.69 bits per heavy atom. The van der Waals surface area contributed by atoms with Crippen molar-refractivity contribution in [3.63, 3.8) is 0 Å². The highest BCUT2D eigenvalue weighted by Gasteiger charge is 2.11. The highest BCUT2D eigenvalue weighted by molar-refractivity contribution is 5.76. The summed E-state index contributed by atoms with van der Waals surface area (Å²) in [5, 5.41) is 8.29. The van der Waals surface area contributed by atoms with E-state index in [0.717, 1.165) is 12.1 Å². The van der Waals surface area contributed by atoms with Gasteiger partial charge in [0, 0.05) is 0 Å². The van der Waals surface area contributed by atoms with Gasteiger partial charge in [0.2, 0.25) is 0 Å². The number of carbonyl (C=O) groups is 2. The molecule has 1 aromatic carbocycles. The van der Waals surface area contributed by atoms with Gasteiger partial charge in [-0.3, -0.25) is 9.59 Å². The Morgan fingerprint density at radius 1 is 1.44 bits per heavy atom. The van der Waals surface area contributed by atoms with Crippen LogP contribution in [0, 0.1) is 23.5 Å². The van der Waals surface area contributed by atoms with Crippen molar-refractivity contribution >= 4 is 12.3 Å². The molecule has 0 aliphatic rings. The lowest BCUT2D eigenvalue weighted by atomic mass is 10.1. The zero-order valence-electron chi connectivity index (χ0n) is 7.96. The molecule has 1 N–H and O–H groups in total. The summed E-state index contributed by atoms with van der Waals surface area (Å²) in [6.45, 7) is 0. The summed E-state index contributed by atoms with van der Waals surface area (Å²) in [6, 6.07) is 1.95. The molecule has 16 heavy (non-hydrogen) atoms. The second kappa shape index (κ2) is 5.03. The molecule has 0 saturated carbocycles. The number of carboxylic acid groups (broad SMARTS) is 1. The van der Waals surface area contributed by atoms with E-state index in [0.29, 0.717) is 0 Å². The SMILES string of the molecule is O=Cc1c(F)ccc(C#CCC(=O)O)c1F. The fourth-order valence-electron chi connectivity index (χ4n) is 0.989. The van der Waals surface area contributed by atoms with E-state index in [4.69, 9.17) is 5.11 Å². The van der Waals surface area contributed by atoms with Crippen molar-refractivity contribution in [2.24, 2.45) is 0 Å². The predicted molar refractivity (Wildman–Crippen MR) is 50.9 cm³/mol. The molecule has 0 aliphatic heterocycles. The monoisotopic (exact) mass is 224 g/mol. The van der Waals surface area contributed by atoms with Crippen molar-refractivity contribution in [1.29, 1.82) is 0 Å². The summed E-state index contributed by atoms with van der Waals surface area (Å²) in [4.78, 5) is 20.5.